The normalized spacial score (nSPS) is 10.4. The van der Waals surface area contributed by atoms with Crippen molar-refractivity contribution in [2.24, 2.45) is 0 Å². The van der Waals surface area contributed by atoms with Crippen LogP contribution < -0.4 is 37.9 Å². The van der Waals surface area contributed by atoms with Crippen molar-refractivity contribution < 1.29 is 61.6 Å². The molecule has 0 spiro atoms. The Morgan fingerprint density at radius 3 is 1.00 bits per heavy atom. The van der Waals surface area contributed by atoms with Crippen molar-refractivity contribution in [1.82, 2.24) is 0 Å². The van der Waals surface area contributed by atoms with Crippen LogP contribution in [0.3, 0.4) is 0 Å². The molecular weight excluding hydrogens is 671 g/mol. The summed E-state index contributed by atoms with van der Waals surface area (Å²) in [6.07, 6.45) is 0. The summed E-state index contributed by atoms with van der Waals surface area (Å²) in [4.78, 5) is 55.9. The molecule has 0 unspecified atom stereocenters. The van der Waals surface area contributed by atoms with Gasteiger partial charge in [-0.3, -0.25) is 9.59 Å². The fourth-order valence-electron chi connectivity index (χ4n) is 5.27. The molecule has 14 heteroatoms. The Morgan fingerprint density at radius 1 is 0.440 bits per heavy atom. The van der Waals surface area contributed by atoms with Crippen molar-refractivity contribution in [3.63, 3.8) is 0 Å². The summed E-state index contributed by atoms with van der Waals surface area (Å²) in [6.45, 7) is 0. The van der Waals surface area contributed by atoms with Gasteiger partial charge in [-0.15, -0.1) is 0 Å². The third-order valence-electron chi connectivity index (χ3n) is 7.63. The van der Waals surface area contributed by atoms with Gasteiger partial charge in [-0.1, -0.05) is 16.7 Å². The number of carbonyl (C=O) groups excluding carboxylic acids is 4. The molecule has 0 fully saturated rings. The molecule has 0 saturated carbocycles. The van der Waals surface area contributed by atoms with Crippen LogP contribution in [0.4, 0.5) is 0 Å². The minimum absolute atomic E-state index is 0.0212. The molecule has 0 aliphatic heterocycles. The molecule has 0 amide bonds. The lowest BCUT2D eigenvalue weighted by Gasteiger charge is -2.16. The first-order valence-corrected chi connectivity index (χ1v) is 15.9. The minimum Gasteiger partial charge on any atom is -0.497 e. The van der Waals surface area contributed by atoms with Crippen LogP contribution in [0.1, 0.15) is 52.6 Å². The molecule has 0 bridgehead atoms. The quantitative estimate of drug-likeness (QED) is 0.0984. The van der Waals surface area contributed by atoms with Crippen LogP contribution >= 0.6 is 7.80 Å². The number of methoxy groups -OCH3 is 8. The van der Waals surface area contributed by atoms with Crippen molar-refractivity contribution in [2.75, 3.05) is 56.9 Å². The van der Waals surface area contributed by atoms with Gasteiger partial charge in [0.05, 0.1) is 68.0 Å². The largest absolute Gasteiger partial charge is 0.502 e. The second-order valence-corrected chi connectivity index (χ2v) is 11.6. The highest BCUT2D eigenvalue weighted by molar-refractivity contribution is 7.80. The molecule has 4 aromatic rings. The standard InChI is InChI=1S/C36H34O13P/c1-42-19-15-21(31(37)29-25(44-3)11-9-12-26(29)45-4)33(48-7)23(17-19)35(39)50(41)36(40)24-18-20(43-2)16-22(34(24)49-8)32(38)30-27(46-5)13-10-14-28(30)47-6/h9-18H,1-8H3/q+1. The molecule has 0 radical (unpaired) electrons. The van der Waals surface area contributed by atoms with Crippen LogP contribution in [0, 0.1) is 0 Å². The number of hydrogen-bond donors (Lipinski definition) is 0. The average Bonchev–Trinajstić information content (AvgIpc) is 3.17. The topological polar surface area (TPSA) is 159 Å². The van der Waals surface area contributed by atoms with E-state index in [0.29, 0.717) is 0 Å². The second-order valence-electron chi connectivity index (χ2n) is 10.1. The van der Waals surface area contributed by atoms with Gasteiger partial charge in [0.25, 0.3) is 0 Å². The summed E-state index contributed by atoms with van der Waals surface area (Å²) in [5, 5.41) is 0. The zero-order chi connectivity index (χ0) is 36.7. The van der Waals surface area contributed by atoms with E-state index in [1.165, 1.54) is 81.1 Å². The van der Waals surface area contributed by atoms with Gasteiger partial charge in [0.1, 0.15) is 68.2 Å². The molecule has 0 aliphatic rings. The van der Waals surface area contributed by atoms with Gasteiger partial charge in [0.15, 0.2) is 0 Å². The van der Waals surface area contributed by atoms with Crippen LogP contribution in [0.25, 0.3) is 0 Å². The van der Waals surface area contributed by atoms with Crippen LogP contribution in [0.15, 0.2) is 60.7 Å². The van der Waals surface area contributed by atoms with E-state index in [0.717, 1.165) is 0 Å². The smallest absolute Gasteiger partial charge is 0.497 e. The average molecular weight is 706 g/mol. The first-order valence-electron chi connectivity index (χ1n) is 14.6. The molecule has 0 aromatic heterocycles. The van der Waals surface area contributed by atoms with E-state index in [9.17, 15) is 23.7 Å². The molecule has 0 aliphatic carbocycles. The maximum absolute atomic E-state index is 14.0. The molecule has 4 aromatic carbocycles. The Labute approximate surface area is 288 Å². The Morgan fingerprint density at radius 2 is 0.740 bits per heavy atom. The van der Waals surface area contributed by atoms with Gasteiger partial charge < -0.3 is 37.9 Å². The predicted octanol–water partition coefficient (Wildman–Crippen LogP) is 6.03. The van der Waals surface area contributed by atoms with Crippen molar-refractivity contribution >= 4 is 30.4 Å². The maximum atomic E-state index is 14.0. The summed E-state index contributed by atoms with van der Waals surface area (Å²) >= 11 is 0. The van der Waals surface area contributed by atoms with E-state index in [-0.39, 0.29) is 79.4 Å². The fraction of sp³-hybridized carbons (Fsp3) is 0.222. The first kappa shape index (κ1) is 36.9. The summed E-state index contributed by atoms with van der Waals surface area (Å²) in [5.74, 6) is -1.14. The summed E-state index contributed by atoms with van der Waals surface area (Å²) in [6, 6.07) is 14.5. The van der Waals surface area contributed by atoms with Crippen LogP contribution in [-0.2, 0) is 4.57 Å². The van der Waals surface area contributed by atoms with E-state index in [1.54, 1.807) is 36.4 Å². The number of benzene rings is 4. The molecule has 50 heavy (non-hydrogen) atoms. The van der Waals surface area contributed by atoms with Gasteiger partial charge in [-0.05, 0) is 48.5 Å². The Kier molecular flexibility index (Phi) is 11.8. The second kappa shape index (κ2) is 16.0. The van der Waals surface area contributed by atoms with E-state index < -0.39 is 30.4 Å². The van der Waals surface area contributed by atoms with Crippen molar-refractivity contribution in [3.05, 3.63) is 94.0 Å². The highest BCUT2D eigenvalue weighted by Crippen LogP contribution is 2.44. The Balaban J connectivity index is 1.86. The van der Waals surface area contributed by atoms with Gasteiger partial charge in [-0.2, -0.15) is 0 Å². The fourth-order valence-corrected chi connectivity index (χ4v) is 6.22. The lowest BCUT2D eigenvalue weighted by Crippen LogP contribution is -2.13. The predicted molar refractivity (Wildman–Crippen MR) is 181 cm³/mol. The first-order chi connectivity index (χ1) is 24.0. The third kappa shape index (κ3) is 6.81. The summed E-state index contributed by atoms with van der Waals surface area (Å²) in [5.41, 5.74) is -3.42. The van der Waals surface area contributed by atoms with E-state index in [1.807, 2.05) is 0 Å². The number of ketones is 2. The highest BCUT2D eigenvalue weighted by Gasteiger charge is 2.45. The van der Waals surface area contributed by atoms with Gasteiger partial charge in [-0.25, -0.2) is 9.59 Å². The molecule has 0 N–H and O–H groups in total. The number of rotatable bonds is 16. The van der Waals surface area contributed by atoms with Crippen LogP contribution in [0.2, 0.25) is 0 Å². The molecular formula is C36H34O13P+. The molecule has 13 nitrogen and oxygen atoms in total. The van der Waals surface area contributed by atoms with Gasteiger partial charge in [0.2, 0.25) is 11.6 Å². The van der Waals surface area contributed by atoms with Crippen molar-refractivity contribution in [1.29, 1.82) is 0 Å². The van der Waals surface area contributed by atoms with Gasteiger partial charge >= 0.3 is 18.8 Å². The maximum Gasteiger partial charge on any atom is 0.502 e. The van der Waals surface area contributed by atoms with E-state index in [2.05, 4.69) is 0 Å². The van der Waals surface area contributed by atoms with Crippen LogP contribution in [-0.4, -0.2) is 79.5 Å². The molecule has 0 saturated heterocycles. The number of hydrogen-bond acceptors (Lipinski definition) is 13. The summed E-state index contributed by atoms with van der Waals surface area (Å²) in [7, 11) is 7.05. The monoisotopic (exact) mass is 705 g/mol. The molecule has 4 rings (SSSR count). The zero-order valence-electron chi connectivity index (χ0n) is 28.5. The van der Waals surface area contributed by atoms with Crippen molar-refractivity contribution in [3.8, 4) is 46.0 Å². The molecule has 0 heterocycles. The zero-order valence-corrected chi connectivity index (χ0v) is 29.4. The number of carbonyl (C=O) groups is 4. The Bertz CT molecular complexity index is 1820. The molecule has 0 atom stereocenters. The number of ether oxygens (including phenoxy) is 8. The highest BCUT2D eigenvalue weighted by atomic mass is 31.1. The van der Waals surface area contributed by atoms with Gasteiger partial charge in [0, 0.05) is 0 Å². The minimum atomic E-state index is -3.46. The van der Waals surface area contributed by atoms with Crippen LogP contribution in [0.5, 0.6) is 46.0 Å². The Hall–Kier alpha value is -5.94. The lowest BCUT2D eigenvalue weighted by atomic mass is 9.98. The SMILES string of the molecule is COc1cc(C(=O)c2c(OC)cccc2OC)c(OC)c(C(=O)[P+](=O)C(=O)c2cc(OC)cc(C(=O)c3c(OC)cccc3OC)c2OC)c1. The van der Waals surface area contributed by atoms with E-state index in [4.69, 9.17) is 37.9 Å². The van der Waals surface area contributed by atoms with E-state index >= 15 is 0 Å². The third-order valence-corrected chi connectivity index (χ3v) is 8.85. The summed E-state index contributed by atoms with van der Waals surface area (Å²) < 4.78 is 57.2. The van der Waals surface area contributed by atoms with Crippen molar-refractivity contribution in [2.45, 2.75) is 0 Å². The molecule has 260 valence electrons. The lowest BCUT2D eigenvalue weighted by molar-refractivity contribution is 0.102.